The van der Waals surface area contributed by atoms with Crippen molar-refractivity contribution in [2.75, 3.05) is 6.54 Å². The van der Waals surface area contributed by atoms with E-state index in [-0.39, 0.29) is 0 Å². The molecule has 1 heteroatoms. The molecule has 0 aromatic heterocycles. The molecule has 70 valence electrons. The first kappa shape index (κ1) is 8.55. The van der Waals surface area contributed by atoms with E-state index >= 15 is 0 Å². The Morgan fingerprint density at radius 3 is 2.67 bits per heavy atom. The Bertz CT molecular complexity index is 171. The summed E-state index contributed by atoms with van der Waals surface area (Å²) >= 11 is 0. The third kappa shape index (κ3) is 1.28. The Morgan fingerprint density at radius 2 is 2.08 bits per heavy atom. The summed E-state index contributed by atoms with van der Waals surface area (Å²) in [6.45, 7) is 8.44. The zero-order valence-electron chi connectivity index (χ0n) is 8.61. The summed E-state index contributed by atoms with van der Waals surface area (Å²) in [6.07, 6.45) is 5.62. The van der Waals surface area contributed by atoms with Crippen molar-refractivity contribution in [3.05, 3.63) is 0 Å². The van der Waals surface area contributed by atoms with Crippen molar-refractivity contribution in [3.8, 4) is 0 Å². The molecule has 2 rings (SSSR count). The van der Waals surface area contributed by atoms with Crippen molar-refractivity contribution in [1.29, 1.82) is 0 Å². The summed E-state index contributed by atoms with van der Waals surface area (Å²) in [6, 6.07) is 0. The van der Waals surface area contributed by atoms with Gasteiger partial charge in [0.1, 0.15) is 0 Å². The van der Waals surface area contributed by atoms with Gasteiger partial charge in [-0.3, -0.25) is 0 Å². The van der Waals surface area contributed by atoms with Crippen LogP contribution in [0.3, 0.4) is 0 Å². The van der Waals surface area contributed by atoms with Gasteiger partial charge in [-0.05, 0) is 37.5 Å². The number of nitrogens with one attached hydrogen (secondary N) is 1. The zero-order valence-corrected chi connectivity index (χ0v) is 8.61. The van der Waals surface area contributed by atoms with Crippen molar-refractivity contribution in [2.45, 2.75) is 52.0 Å². The van der Waals surface area contributed by atoms with Crippen molar-refractivity contribution in [3.63, 3.8) is 0 Å². The molecule has 3 atom stereocenters. The molecule has 0 aromatic rings. The number of hydrogen-bond acceptors (Lipinski definition) is 1. The third-order valence-electron chi connectivity index (χ3n) is 3.86. The smallest absolute Gasteiger partial charge is 0.0161 e. The van der Waals surface area contributed by atoms with Gasteiger partial charge in [0, 0.05) is 12.1 Å². The minimum absolute atomic E-state index is 0.480. The molecule has 0 unspecified atom stereocenters. The topological polar surface area (TPSA) is 12.0 Å². The Kier molecular flexibility index (Phi) is 1.76. The fraction of sp³-hybridized carbons (Fsp3) is 1.00. The van der Waals surface area contributed by atoms with E-state index in [4.69, 9.17) is 0 Å². The van der Waals surface area contributed by atoms with Crippen LogP contribution in [-0.4, -0.2) is 12.1 Å². The van der Waals surface area contributed by atoms with Crippen LogP contribution in [0.2, 0.25) is 0 Å². The van der Waals surface area contributed by atoms with E-state index in [9.17, 15) is 0 Å². The molecule has 0 amide bonds. The summed E-state index contributed by atoms with van der Waals surface area (Å²) in [7, 11) is 0. The highest BCUT2D eigenvalue weighted by atomic mass is 15.0. The highest BCUT2D eigenvalue weighted by molar-refractivity contribution is 5.05. The average molecular weight is 167 g/mol. The van der Waals surface area contributed by atoms with Gasteiger partial charge in [0.2, 0.25) is 0 Å². The molecule has 0 aromatic carbocycles. The molecular formula is C11H21N. The van der Waals surface area contributed by atoms with E-state index in [1.807, 2.05) is 0 Å². The van der Waals surface area contributed by atoms with Gasteiger partial charge in [-0.15, -0.1) is 0 Å². The number of fused-ring (bicyclic) bond motifs is 2. The fourth-order valence-electron chi connectivity index (χ4n) is 3.48. The molecule has 2 bridgehead atoms. The van der Waals surface area contributed by atoms with Gasteiger partial charge >= 0.3 is 0 Å². The van der Waals surface area contributed by atoms with Crippen LogP contribution < -0.4 is 5.32 Å². The number of hydrogen-bond donors (Lipinski definition) is 1. The van der Waals surface area contributed by atoms with Crippen LogP contribution in [0.1, 0.15) is 46.5 Å². The van der Waals surface area contributed by atoms with Gasteiger partial charge in [0.15, 0.2) is 0 Å². The van der Waals surface area contributed by atoms with Gasteiger partial charge in [0.05, 0.1) is 0 Å². The predicted octanol–water partition coefficient (Wildman–Crippen LogP) is 2.56. The molecular weight excluding hydrogens is 146 g/mol. The SMILES string of the molecule is CC[C@@H]1C[C@@]2(C)CN[C@@](C)(C1)C2. The lowest BCUT2D eigenvalue weighted by Gasteiger charge is -2.39. The fourth-order valence-corrected chi connectivity index (χ4v) is 3.48. The summed E-state index contributed by atoms with van der Waals surface area (Å²) in [5.41, 5.74) is 1.10. The van der Waals surface area contributed by atoms with Crippen LogP contribution >= 0.6 is 0 Å². The second-order valence-electron chi connectivity index (χ2n) is 5.58. The van der Waals surface area contributed by atoms with Crippen molar-refractivity contribution < 1.29 is 0 Å². The van der Waals surface area contributed by atoms with Gasteiger partial charge in [-0.25, -0.2) is 0 Å². The lowest BCUT2D eigenvalue weighted by molar-refractivity contribution is 0.159. The number of rotatable bonds is 1. The van der Waals surface area contributed by atoms with Crippen LogP contribution in [0.25, 0.3) is 0 Å². The standard InChI is InChI=1S/C11H21N/c1-4-9-5-10(2)7-11(3,6-9)12-8-10/h9,12H,4-8H2,1-3H3/t9-,10-,11+/m1/s1. The predicted molar refractivity (Wildman–Crippen MR) is 52.1 cm³/mol. The highest BCUT2D eigenvalue weighted by Gasteiger charge is 2.48. The normalized spacial score (nSPS) is 52.8. The van der Waals surface area contributed by atoms with Gasteiger partial charge in [-0.2, -0.15) is 0 Å². The molecule has 1 saturated heterocycles. The monoisotopic (exact) mass is 167 g/mol. The molecule has 1 aliphatic heterocycles. The van der Waals surface area contributed by atoms with Crippen LogP contribution in [0, 0.1) is 11.3 Å². The van der Waals surface area contributed by atoms with Gasteiger partial charge in [0.25, 0.3) is 0 Å². The molecule has 2 fully saturated rings. The van der Waals surface area contributed by atoms with E-state index in [1.54, 1.807) is 0 Å². The summed E-state index contributed by atoms with van der Waals surface area (Å²) in [5.74, 6) is 0.976. The van der Waals surface area contributed by atoms with E-state index in [0.29, 0.717) is 11.0 Å². The van der Waals surface area contributed by atoms with Crippen LogP contribution in [0.15, 0.2) is 0 Å². The van der Waals surface area contributed by atoms with Gasteiger partial charge < -0.3 is 5.32 Å². The van der Waals surface area contributed by atoms with Crippen molar-refractivity contribution in [2.24, 2.45) is 11.3 Å². The molecule has 12 heavy (non-hydrogen) atoms. The Morgan fingerprint density at radius 1 is 1.33 bits per heavy atom. The lowest BCUT2D eigenvalue weighted by Crippen LogP contribution is -2.39. The molecule has 0 spiro atoms. The summed E-state index contributed by atoms with van der Waals surface area (Å²) in [4.78, 5) is 0. The Hall–Kier alpha value is -0.0400. The first-order chi connectivity index (χ1) is 5.55. The maximum Gasteiger partial charge on any atom is 0.0161 e. The Labute approximate surface area is 75.9 Å². The molecule has 1 N–H and O–H groups in total. The average Bonchev–Trinajstić information content (AvgIpc) is 2.20. The second kappa shape index (κ2) is 2.47. The van der Waals surface area contributed by atoms with Crippen LogP contribution in [0.5, 0.6) is 0 Å². The first-order valence-corrected chi connectivity index (χ1v) is 5.30. The summed E-state index contributed by atoms with van der Waals surface area (Å²) < 4.78 is 0. The molecule has 1 nitrogen and oxygen atoms in total. The molecule has 0 radical (unpaired) electrons. The van der Waals surface area contributed by atoms with E-state index in [0.717, 1.165) is 5.92 Å². The highest BCUT2D eigenvalue weighted by Crippen LogP contribution is 2.49. The van der Waals surface area contributed by atoms with E-state index < -0.39 is 0 Å². The maximum atomic E-state index is 3.70. The van der Waals surface area contributed by atoms with Crippen LogP contribution in [-0.2, 0) is 0 Å². The Balaban J connectivity index is 2.16. The minimum atomic E-state index is 0.480. The molecule has 1 heterocycles. The quantitative estimate of drug-likeness (QED) is 0.633. The zero-order chi connectivity index (χ0) is 8.82. The largest absolute Gasteiger partial charge is 0.311 e. The third-order valence-corrected chi connectivity index (χ3v) is 3.86. The maximum absolute atomic E-state index is 3.70. The molecule has 2 aliphatic rings. The van der Waals surface area contributed by atoms with E-state index in [2.05, 4.69) is 26.1 Å². The summed E-state index contributed by atoms with van der Waals surface area (Å²) in [5, 5.41) is 3.70. The second-order valence-corrected chi connectivity index (χ2v) is 5.58. The van der Waals surface area contributed by atoms with E-state index in [1.165, 1.54) is 32.2 Å². The minimum Gasteiger partial charge on any atom is -0.311 e. The molecule has 1 saturated carbocycles. The van der Waals surface area contributed by atoms with Gasteiger partial charge in [-0.1, -0.05) is 20.3 Å². The lowest BCUT2D eigenvalue weighted by atomic mass is 9.67. The van der Waals surface area contributed by atoms with Crippen LogP contribution in [0.4, 0.5) is 0 Å². The van der Waals surface area contributed by atoms with Crippen molar-refractivity contribution >= 4 is 0 Å². The first-order valence-electron chi connectivity index (χ1n) is 5.30. The molecule has 1 aliphatic carbocycles. The van der Waals surface area contributed by atoms with Crippen molar-refractivity contribution in [1.82, 2.24) is 5.32 Å².